The Morgan fingerprint density at radius 2 is 2.20 bits per heavy atom. The Bertz CT molecular complexity index is 489. The van der Waals surface area contributed by atoms with Gasteiger partial charge in [-0.15, -0.1) is 0 Å². The van der Waals surface area contributed by atoms with Gasteiger partial charge in [-0.2, -0.15) is 5.26 Å². The fourth-order valence-corrected chi connectivity index (χ4v) is 0.926. The van der Waals surface area contributed by atoms with E-state index in [2.05, 4.69) is 11.8 Å². The summed E-state index contributed by atoms with van der Waals surface area (Å²) < 4.78 is 0. The minimum Gasteiger partial charge on any atom is -0.507 e. The van der Waals surface area contributed by atoms with E-state index in [4.69, 9.17) is 10.4 Å². The maximum atomic E-state index is 10.2. The van der Waals surface area contributed by atoms with Gasteiger partial charge in [-0.25, -0.2) is 0 Å². The molecule has 0 aliphatic rings. The molecule has 0 unspecified atom stereocenters. The van der Waals surface area contributed by atoms with Gasteiger partial charge in [0.15, 0.2) is 0 Å². The Morgan fingerprint density at radius 1 is 1.47 bits per heavy atom. The summed E-state index contributed by atoms with van der Waals surface area (Å²) in [7, 11) is 0. The molecule has 0 saturated heterocycles. The van der Waals surface area contributed by atoms with Crippen molar-refractivity contribution < 1.29 is 15.0 Å². The van der Waals surface area contributed by atoms with Crippen molar-refractivity contribution in [2.24, 2.45) is 0 Å². The molecule has 0 amide bonds. The summed E-state index contributed by atoms with van der Waals surface area (Å²) >= 11 is 0. The third kappa shape index (κ3) is 3.06. The number of carboxylic acid groups (broad SMARTS) is 1. The van der Waals surface area contributed by atoms with E-state index in [0.717, 1.165) is 0 Å². The summed E-state index contributed by atoms with van der Waals surface area (Å²) in [5, 5.41) is 26.2. The van der Waals surface area contributed by atoms with Crippen molar-refractivity contribution >= 4 is 5.97 Å². The zero-order valence-corrected chi connectivity index (χ0v) is 7.69. The van der Waals surface area contributed by atoms with Crippen LogP contribution in [0.25, 0.3) is 0 Å². The van der Waals surface area contributed by atoms with Gasteiger partial charge in [-0.05, 0) is 18.2 Å². The molecule has 4 heteroatoms. The molecule has 0 aliphatic carbocycles. The van der Waals surface area contributed by atoms with Crippen molar-refractivity contribution in [3.05, 3.63) is 29.3 Å². The standard InChI is InChI=1S/C11H7NO3/c12-7-9-5-4-8(6-10(9)13)2-1-3-11(14)15/h4-6,13H,3H2,(H,14,15). The second-order valence-corrected chi connectivity index (χ2v) is 2.72. The van der Waals surface area contributed by atoms with Crippen LogP contribution in [0.4, 0.5) is 0 Å². The largest absolute Gasteiger partial charge is 0.507 e. The van der Waals surface area contributed by atoms with Gasteiger partial charge in [-0.1, -0.05) is 11.8 Å². The average Bonchev–Trinajstić information content (AvgIpc) is 2.17. The van der Waals surface area contributed by atoms with Gasteiger partial charge in [-0.3, -0.25) is 4.79 Å². The molecule has 1 rings (SSSR count). The van der Waals surface area contributed by atoms with E-state index in [9.17, 15) is 9.90 Å². The number of rotatable bonds is 1. The molecule has 0 aromatic heterocycles. The Kier molecular flexibility index (Phi) is 3.32. The lowest BCUT2D eigenvalue weighted by atomic mass is 10.1. The van der Waals surface area contributed by atoms with Crippen molar-refractivity contribution in [3.8, 4) is 23.7 Å². The minimum atomic E-state index is -1.000. The Balaban J connectivity index is 2.88. The number of hydrogen-bond donors (Lipinski definition) is 2. The first-order chi connectivity index (χ1) is 7.13. The second-order valence-electron chi connectivity index (χ2n) is 2.72. The van der Waals surface area contributed by atoms with E-state index < -0.39 is 5.97 Å². The molecule has 4 nitrogen and oxygen atoms in total. The molecule has 0 aliphatic heterocycles. The predicted molar refractivity (Wildman–Crippen MR) is 52.0 cm³/mol. The van der Waals surface area contributed by atoms with E-state index in [1.807, 2.05) is 0 Å². The minimum absolute atomic E-state index is 0.153. The van der Waals surface area contributed by atoms with Crippen LogP contribution in [0.5, 0.6) is 5.75 Å². The number of phenols is 1. The van der Waals surface area contributed by atoms with E-state index >= 15 is 0 Å². The molecule has 0 heterocycles. The van der Waals surface area contributed by atoms with Gasteiger partial charge in [0, 0.05) is 5.56 Å². The zero-order valence-electron chi connectivity index (χ0n) is 7.69. The van der Waals surface area contributed by atoms with E-state index in [-0.39, 0.29) is 17.7 Å². The Morgan fingerprint density at radius 3 is 2.73 bits per heavy atom. The molecule has 1 aromatic carbocycles. The highest BCUT2D eigenvalue weighted by molar-refractivity contribution is 5.70. The lowest BCUT2D eigenvalue weighted by Crippen LogP contribution is -1.90. The first kappa shape index (κ1) is 10.6. The van der Waals surface area contributed by atoms with Crippen LogP contribution >= 0.6 is 0 Å². The molecule has 0 saturated carbocycles. The van der Waals surface area contributed by atoms with Crippen LogP contribution < -0.4 is 0 Å². The Labute approximate surface area is 86.4 Å². The van der Waals surface area contributed by atoms with E-state index in [1.54, 1.807) is 12.1 Å². The van der Waals surface area contributed by atoms with Gasteiger partial charge in [0.1, 0.15) is 18.2 Å². The van der Waals surface area contributed by atoms with Crippen molar-refractivity contribution in [1.82, 2.24) is 0 Å². The van der Waals surface area contributed by atoms with Gasteiger partial charge in [0.05, 0.1) is 5.56 Å². The van der Waals surface area contributed by atoms with E-state index in [1.165, 1.54) is 12.1 Å². The van der Waals surface area contributed by atoms with Crippen LogP contribution in [0, 0.1) is 23.2 Å². The zero-order chi connectivity index (χ0) is 11.3. The molecule has 15 heavy (non-hydrogen) atoms. The summed E-state index contributed by atoms with van der Waals surface area (Å²) in [6.07, 6.45) is -0.249. The molecule has 0 atom stereocenters. The monoisotopic (exact) mass is 201 g/mol. The first-order valence-corrected chi connectivity index (χ1v) is 4.07. The molecule has 0 fully saturated rings. The van der Waals surface area contributed by atoms with Crippen LogP contribution in [0.3, 0.4) is 0 Å². The molecule has 0 radical (unpaired) electrons. The maximum Gasteiger partial charge on any atom is 0.315 e. The highest BCUT2D eigenvalue weighted by Gasteiger charge is 1.99. The number of carbonyl (C=O) groups is 1. The predicted octanol–water partition coefficient (Wildman–Crippen LogP) is 1.09. The molecule has 2 N–H and O–H groups in total. The highest BCUT2D eigenvalue weighted by Crippen LogP contribution is 2.16. The normalized spacial score (nSPS) is 8.47. The third-order valence-electron chi connectivity index (χ3n) is 1.59. The molecular formula is C11H7NO3. The Hall–Kier alpha value is -2.46. The highest BCUT2D eigenvalue weighted by atomic mass is 16.4. The smallest absolute Gasteiger partial charge is 0.315 e. The SMILES string of the molecule is N#Cc1ccc(C#CCC(=O)O)cc1O. The van der Waals surface area contributed by atoms with Gasteiger partial charge < -0.3 is 10.2 Å². The molecule has 74 valence electrons. The summed E-state index contributed by atoms with van der Waals surface area (Å²) in [5.74, 6) is 3.84. The quantitative estimate of drug-likeness (QED) is 0.666. The lowest BCUT2D eigenvalue weighted by molar-refractivity contribution is -0.135. The number of aliphatic carboxylic acids is 1. The lowest BCUT2D eigenvalue weighted by Gasteiger charge is -1.95. The van der Waals surface area contributed by atoms with Gasteiger partial charge >= 0.3 is 5.97 Å². The number of phenolic OH excluding ortho intramolecular Hbond substituents is 1. The fourth-order valence-electron chi connectivity index (χ4n) is 0.926. The first-order valence-electron chi connectivity index (χ1n) is 4.07. The molecule has 1 aromatic rings. The van der Waals surface area contributed by atoms with Crippen LogP contribution in [0.2, 0.25) is 0 Å². The summed E-state index contributed by atoms with van der Waals surface area (Å²) in [6, 6.07) is 6.11. The van der Waals surface area contributed by atoms with Crippen molar-refractivity contribution in [2.45, 2.75) is 6.42 Å². The van der Waals surface area contributed by atoms with Crippen LogP contribution in [0.15, 0.2) is 18.2 Å². The second kappa shape index (κ2) is 4.69. The number of benzene rings is 1. The van der Waals surface area contributed by atoms with Crippen molar-refractivity contribution in [3.63, 3.8) is 0 Å². The van der Waals surface area contributed by atoms with Crippen molar-refractivity contribution in [1.29, 1.82) is 5.26 Å². The number of nitrogens with zero attached hydrogens (tertiary/aromatic N) is 1. The topological polar surface area (TPSA) is 81.3 Å². The summed E-state index contributed by atoms with van der Waals surface area (Å²) in [6.45, 7) is 0. The third-order valence-corrected chi connectivity index (χ3v) is 1.59. The summed E-state index contributed by atoms with van der Waals surface area (Å²) in [4.78, 5) is 10.2. The molecule has 0 bridgehead atoms. The van der Waals surface area contributed by atoms with Crippen LogP contribution in [-0.2, 0) is 4.79 Å². The van der Waals surface area contributed by atoms with Crippen molar-refractivity contribution in [2.75, 3.05) is 0 Å². The fraction of sp³-hybridized carbons (Fsp3) is 0.0909. The average molecular weight is 201 g/mol. The number of aromatic hydroxyl groups is 1. The number of hydrogen-bond acceptors (Lipinski definition) is 3. The summed E-state index contributed by atoms with van der Waals surface area (Å²) in [5.41, 5.74) is 0.645. The number of carboxylic acids is 1. The number of nitriles is 1. The van der Waals surface area contributed by atoms with Crippen LogP contribution in [-0.4, -0.2) is 16.2 Å². The van der Waals surface area contributed by atoms with Gasteiger partial charge in [0.2, 0.25) is 0 Å². The van der Waals surface area contributed by atoms with E-state index in [0.29, 0.717) is 5.56 Å². The van der Waals surface area contributed by atoms with Gasteiger partial charge in [0.25, 0.3) is 0 Å². The maximum absolute atomic E-state index is 10.2. The van der Waals surface area contributed by atoms with Crippen LogP contribution in [0.1, 0.15) is 17.5 Å². The molecule has 0 spiro atoms. The molecular weight excluding hydrogens is 194 g/mol.